The first-order chi connectivity index (χ1) is 5.70. The Kier molecular flexibility index (Phi) is 2.69. The number of halogens is 1. The van der Waals surface area contributed by atoms with Gasteiger partial charge in [-0.05, 0) is 24.5 Å². The van der Waals surface area contributed by atoms with E-state index < -0.39 is 0 Å². The molecule has 0 atom stereocenters. The van der Waals surface area contributed by atoms with E-state index in [9.17, 15) is 4.39 Å². The molecule has 0 saturated heterocycles. The molecule has 1 aromatic rings. The van der Waals surface area contributed by atoms with E-state index in [4.69, 9.17) is 5.73 Å². The fourth-order valence-electron chi connectivity index (χ4n) is 1.35. The lowest BCUT2D eigenvalue weighted by molar-refractivity contribution is 0.612. The number of hydrogen-bond acceptors (Lipinski definition) is 1. The van der Waals surface area contributed by atoms with Gasteiger partial charge in [-0.2, -0.15) is 0 Å². The molecule has 2 heteroatoms. The van der Waals surface area contributed by atoms with Crippen molar-refractivity contribution >= 4 is 5.69 Å². The van der Waals surface area contributed by atoms with Crippen LogP contribution in [0.1, 0.15) is 25.0 Å². The summed E-state index contributed by atoms with van der Waals surface area (Å²) in [6, 6.07) is 3.25. The van der Waals surface area contributed by atoms with Crippen molar-refractivity contribution in [1.29, 1.82) is 0 Å². The van der Waals surface area contributed by atoms with Gasteiger partial charge in [-0.25, -0.2) is 4.39 Å². The molecule has 0 aliphatic rings. The lowest BCUT2D eigenvalue weighted by Crippen LogP contribution is -2.01. The van der Waals surface area contributed by atoms with E-state index in [0.29, 0.717) is 17.7 Å². The van der Waals surface area contributed by atoms with Gasteiger partial charge in [0.2, 0.25) is 0 Å². The van der Waals surface area contributed by atoms with Crippen LogP contribution in [0.5, 0.6) is 0 Å². The van der Waals surface area contributed by atoms with Crippen molar-refractivity contribution in [1.82, 2.24) is 0 Å². The first kappa shape index (κ1) is 9.04. The Morgan fingerprint density at radius 2 is 1.92 bits per heavy atom. The van der Waals surface area contributed by atoms with Crippen molar-refractivity contribution in [2.45, 2.75) is 26.7 Å². The van der Waals surface area contributed by atoms with Crippen LogP contribution < -0.4 is 5.73 Å². The van der Waals surface area contributed by atoms with Crippen molar-refractivity contribution in [3.8, 4) is 0 Å². The van der Waals surface area contributed by atoms with Crippen LogP contribution in [-0.2, 0) is 12.8 Å². The van der Waals surface area contributed by atoms with E-state index in [1.165, 1.54) is 6.07 Å². The number of aryl methyl sites for hydroxylation is 1. The average Bonchev–Trinajstić information content (AvgIpc) is 2.06. The smallest absolute Gasteiger partial charge is 0.128 e. The van der Waals surface area contributed by atoms with Crippen molar-refractivity contribution in [3.63, 3.8) is 0 Å². The SMILES string of the molecule is CCc1ccc(F)c(CC)c1N. The fraction of sp³-hybridized carbons (Fsp3) is 0.400. The maximum Gasteiger partial charge on any atom is 0.128 e. The van der Waals surface area contributed by atoms with E-state index in [1.54, 1.807) is 6.07 Å². The van der Waals surface area contributed by atoms with Crippen LogP contribution in [0.2, 0.25) is 0 Å². The van der Waals surface area contributed by atoms with Crippen LogP contribution in [0.3, 0.4) is 0 Å². The van der Waals surface area contributed by atoms with Crippen LogP contribution in [0.25, 0.3) is 0 Å². The third kappa shape index (κ3) is 1.42. The van der Waals surface area contributed by atoms with Gasteiger partial charge in [0.1, 0.15) is 5.82 Å². The molecule has 0 aliphatic heterocycles. The van der Waals surface area contributed by atoms with Crippen molar-refractivity contribution in [2.75, 3.05) is 5.73 Å². The molecular formula is C10H14FN. The molecule has 0 heterocycles. The number of benzene rings is 1. The van der Waals surface area contributed by atoms with Gasteiger partial charge >= 0.3 is 0 Å². The highest BCUT2D eigenvalue weighted by Gasteiger charge is 2.06. The third-order valence-corrected chi connectivity index (χ3v) is 2.12. The average molecular weight is 167 g/mol. The number of hydrogen-bond donors (Lipinski definition) is 1. The molecule has 2 N–H and O–H groups in total. The quantitative estimate of drug-likeness (QED) is 0.673. The van der Waals surface area contributed by atoms with Gasteiger partial charge in [0.05, 0.1) is 0 Å². The molecule has 0 spiro atoms. The lowest BCUT2D eigenvalue weighted by Gasteiger charge is -2.08. The molecule has 0 bridgehead atoms. The zero-order chi connectivity index (χ0) is 9.14. The molecule has 12 heavy (non-hydrogen) atoms. The Labute approximate surface area is 72.4 Å². The van der Waals surface area contributed by atoms with Gasteiger partial charge in [-0.15, -0.1) is 0 Å². The summed E-state index contributed by atoms with van der Waals surface area (Å²) in [5, 5.41) is 0. The largest absolute Gasteiger partial charge is 0.398 e. The first-order valence-corrected chi connectivity index (χ1v) is 4.26. The third-order valence-electron chi connectivity index (χ3n) is 2.12. The highest BCUT2D eigenvalue weighted by Crippen LogP contribution is 2.21. The maximum absolute atomic E-state index is 13.1. The number of rotatable bonds is 2. The number of anilines is 1. The van der Waals surface area contributed by atoms with Crippen molar-refractivity contribution in [2.24, 2.45) is 0 Å². The summed E-state index contributed by atoms with van der Waals surface area (Å²) in [6.45, 7) is 3.93. The summed E-state index contributed by atoms with van der Waals surface area (Å²) in [7, 11) is 0. The second-order valence-corrected chi connectivity index (χ2v) is 2.81. The van der Waals surface area contributed by atoms with E-state index in [1.807, 2.05) is 13.8 Å². The highest BCUT2D eigenvalue weighted by atomic mass is 19.1. The Hall–Kier alpha value is -1.05. The standard InChI is InChI=1S/C10H14FN/c1-3-7-5-6-9(11)8(4-2)10(7)12/h5-6H,3-4,12H2,1-2H3. The highest BCUT2D eigenvalue weighted by molar-refractivity contribution is 5.54. The van der Waals surface area contributed by atoms with Crippen LogP contribution in [0.4, 0.5) is 10.1 Å². The van der Waals surface area contributed by atoms with Crippen LogP contribution in [0, 0.1) is 5.82 Å². The minimum absolute atomic E-state index is 0.188. The molecule has 0 saturated carbocycles. The lowest BCUT2D eigenvalue weighted by atomic mass is 10.0. The second-order valence-electron chi connectivity index (χ2n) is 2.81. The van der Waals surface area contributed by atoms with Gasteiger partial charge < -0.3 is 5.73 Å². The molecule has 0 amide bonds. The Morgan fingerprint density at radius 3 is 2.42 bits per heavy atom. The van der Waals surface area contributed by atoms with Gasteiger partial charge in [0.15, 0.2) is 0 Å². The van der Waals surface area contributed by atoms with Gasteiger partial charge in [0, 0.05) is 11.3 Å². The summed E-state index contributed by atoms with van der Waals surface area (Å²) in [5.41, 5.74) is 8.07. The minimum Gasteiger partial charge on any atom is -0.398 e. The molecule has 1 rings (SSSR count). The minimum atomic E-state index is -0.188. The second kappa shape index (κ2) is 3.57. The summed E-state index contributed by atoms with van der Waals surface area (Å²) < 4.78 is 13.1. The van der Waals surface area contributed by atoms with Crippen LogP contribution in [-0.4, -0.2) is 0 Å². The summed E-state index contributed by atoms with van der Waals surface area (Å²) in [4.78, 5) is 0. The summed E-state index contributed by atoms with van der Waals surface area (Å²) in [6.07, 6.45) is 1.52. The topological polar surface area (TPSA) is 26.0 Å². The monoisotopic (exact) mass is 167 g/mol. The molecule has 0 radical (unpaired) electrons. The fourth-order valence-corrected chi connectivity index (χ4v) is 1.35. The predicted molar refractivity (Wildman–Crippen MR) is 49.6 cm³/mol. The zero-order valence-electron chi connectivity index (χ0n) is 7.52. The summed E-state index contributed by atoms with van der Waals surface area (Å²) in [5.74, 6) is -0.188. The summed E-state index contributed by atoms with van der Waals surface area (Å²) >= 11 is 0. The Bertz CT molecular complexity index is 281. The maximum atomic E-state index is 13.1. The van der Waals surface area contributed by atoms with E-state index >= 15 is 0 Å². The molecule has 0 fully saturated rings. The predicted octanol–water partition coefficient (Wildman–Crippen LogP) is 2.53. The number of nitrogens with two attached hydrogens (primary N) is 1. The molecule has 1 aromatic carbocycles. The first-order valence-electron chi connectivity index (χ1n) is 4.26. The van der Waals surface area contributed by atoms with Gasteiger partial charge in [-0.1, -0.05) is 19.9 Å². The Balaban J connectivity index is 3.24. The van der Waals surface area contributed by atoms with Gasteiger partial charge in [-0.3, -0.25) is 0 Å². The Morgan fingerprint density at radius 1 is 1.25 bits per heavy atom. The van der Waals surface area contributed by atoms with E-state index in [0.717, 1.165) is 12.0 Å². The molecule has 0 aliphatic carbocycles. The van der Waals surface area contributed by atoms with Crippen LogP contribution in [0.15, 0.2) is 12.1 Å². The van der Waals surface area contributed by atoms with Crippen LogP contribution >= 0.6 is 0 Å². The molecular weight excluding hydrogens is 153 g/mol. The molecule has 1 nitrogen and oxygen atoms in total. The normalized spacial score (nSPS) is 10.2. The molecule has 0 aromatic heterocycles. The van der Waals surface area contributed by atoms with Gasteiger partial charge in [0.25, 0.3) is 0 Å². The number of nitrogen functional groups attached to an aromatic ring is 1. The molecule has 66 valence electrons. The van der Waals surface area contributed by atoms with Crippen molar-refractivity contribution in [3.05, 3.63) is 29.1 Å². The van der Waals surface area contributed by atoms with E-state index in [2.05, 4.69) is 0 Å². The van der Waals surface area contributed by atoms with Crippen molar-refractivity contribution < 1.29 is 4.39 Å². The van der Waals surface area contributed by atoms with E-state index in [-0.39, 0.29) is 5.82 Å². The zero-order valence-corrected chi connectivity index (χ0v) is 7.52. The molecule has 0 unspecified atom stereocenters.